The fourth-order valence-electron chi connectivity index (χ4n) is 3.85. The monoisotopic (exact) mass is 540 g/mol. The molecule has 0 aliphatic heterocycles. The molecule has 12 heteroatoms. The molecule has 0 saturated heterocycles. The summed E-state index contributed by atoms with van der Waals surface area (Å²) < 4.78 is 35.1. The number of ether oxygens (including phenoxy) is 1. The second-order valence-corrected chi connectivity index (χ2v) is 8.54. The Morgan fingerprint density at radius 2 is 2.03 bits per heavy atom. The van der Waals surface area contributed by atoms with Gasteiger partial charge in [-0.1, -0.05) is 6.08 Å². The largest absolute Gasteiger partial charge is 0.468 e. The van der Waals surface area contributed by atoms with Gasteiger partial charge in [0.1, 0.15) is 11.7 Å². The van der Waals surface area contributed by atoms with E-state index in [4.69, 9.17) is 4.74 Å². The number of allylic oxidation sites excluding steroid dienone is 1. The summed E-state index contributed by atoms with van der Waals surface area (Å²) in [6.07, 6.45) is 6.19. The maximum atomic E-state index is 15.0. The standard InChI is InChI=1S/C27H34F2N8O2/c1-6-9-19-13-24(35-34-19)33-23(30-5)15-25(37(8-3)11-10-36(7-2)17-38)31-16-39-22-14-21(28)27-20(26(22)29)12-18(4)32-27/h6,9,12-15,17,32H,5,7-8,10-11,16H2,1-4H3,(H2,33,34,35)/b9-6+,23-15+,31-25+. The van der Waals surface area contributed by atoms with Crippen molar-refractivity contribution in [1.29, 1.82) is 0 Å². The molecule has 0 radical (unpaired) electrons. The van der Waals surface area contributed by atoms with Gasteiger partial charge in [0.05, 0.1) is 11.2 Å². The van der Waals surface area contributed by atoms with Gasteiger partial charge in [0.2, 0.25) is 6.41 Å². The van der Waals surface area contributed by atoms with Crippen LogP contribution < -0.4 is 10.1 Å². The van der Waals surface area contributed by atoms with Gasteiger partial charge in [-0.3, -0.25) is 9.89 Å². The number of amides is 1. The lowest BCUT2D eigenvalue weighted by atomic mass is 10.2. The van der Waals surface area contributed by atoms with Gasteiger partial charge in [-0.2, -0.15) is 5.10 Å². The summed E-state index contributed by atoms with van der Waals surface area (Å²) in [5, 5.41) is 10.3. The molecule has 208 valence electrons. The molecule has 3 rings (SSSR count). The number of aliphatic imine (C=N–C) groups is 2. The first kappa shape index (κ1) is 29.1. The number of hydrogen-bond donors (Lipinski definition) is 3. The number of likely N-dealkylation sites (N-methyl/N-ethyl adjacent to an activating group) is 2. The molecule has 0 fully saturated rings. The van der Waals surface area contributed by atoms with E-state index < -0.39 is 11.6 Å². The molecule has 2 aromatic heterocycles. The van der Waals surface area contributed by atoms with Crippen LogP contribution in [-0.2, 0) is 4.79 Å². The van der Waals surface area contributed by atoms with Gasteiger partial charge in [0.15, 0.2) is 29.9 Å². The van der Waals surface area contributed by atoms with Crippen molar-refractivity contribution in [2.45, 2.75) is 27.7 Å². The van der Waals surface area contributed by atoms with Crippen LogP contribution in [0, 0.1) is 18.6 Å². The Morgan fingerprint density at radius 1 is 1.23 bits per heavy atom. The highest BCUT2D eigenvalue weighted by Crippen LogP contribution is 2.29. The minimum Gasteiger partial charge on any atom is -0.468 e. The highest BCUT2D eigenvalue weighted by molar-refractivity contribution is 5.94. The van der Waals surface area contributed by atoms with Crippen molar-refractivity contribution in [2.75, 3.05) is 38.2 Å². The van der Waals surface area contributed by atoms with E-state index in [0.717, 1.165) is 18.2 Å². The zero-order valence-electron chi connectivity index (χ0n) is 22.6. The normalized spacial score (nSPS) is 12.3. The van der Waals surface area contributed by atoms with Gasteiger partial charge in [-0.25, -0.2) is 18.8 Å². The zero-order valence-corrected chi connectivity index (χ0v) is 22.6. The van der Waals surface area contributed by atoms with E-state index in [0.29, 0.717) is 49.3 Å². The van der Waals surface area contributed by atoms with Crippen molar-refractivity contribution in [3.63, 3.8) is 0 Å². The molecule has 1 amide bonds. The third-order valence-electron chi connectivity index (χ3n) is 5.90. The number of aryl methyl sites for hydroxylation is 1. The number of aromatic amines is 2. The Balaban J connectivity index is 1.89. The van der Waals surface area contributed by atoms with Crippen LogP contribution in [0.2, 0.25) is 0 Å². The van der Waals surface area contributed by atoms with Crippen LogP contribution in [-0.4, -0.2) is 76.9 Å². The highest BCUT2D eigenvalue weighted by atomic mass is 19.1. The Hall–Kier alpha value is -4.48. The third-order valence-corrected chi connectivity index (χ3v) is 5.90. The predicted octanol–water partition coefficient (Wildman–Crippen LogP) is 4.70. The number of nitrogens with one attached hydrogen (secondary N) is 3. The number of rotatable bonds is 14. The Bertz CT molecular complexity index is 1380. The average Bonchev–Trinajstić information content (AvgIpc) is 3.55. The molecule has 1 aromatic carbocycles. The summed E-state index contributed by atoms with van der Waals surface area (Å²) in [4.78, 5) is 26.2. The van der Waals surface area contributed by atoms with Gasteiger partial charge < -0.3 is 24.8 Å². The Kier molecular flexibility index (Phi) is 10.4. The molecule has 3 N–H and O–H groups in total. The van der Waals surface area contributed by atoms with Crippen LogP contribution in [0.15, 0.2) is 46.2 Å². The van der Waals surface area contributed by atoms with Gasteiger partial charge in [0, 0.05) is 55.5 Å². The number of benzene rings is 1. The van der Waals surface area contributed by atoms with Crippen LogP contribution in [0.3, 0.4) is 0 Å². The van der Waals surface area contributed by atoms with Crippen LogP contribution >= 0.6 is 0 Å². The molecule has 0 bridgehead atoms. The molecule has 0 aliphatic rings. The van der Waals surface area contributed by atoms with Crippen LogP contribution in [0.1, 0.15) is 32.2 Å². The van der Waals surface area contributed by atoms with E-state index >= 15 is 0 Å². The number of hydrogen-bond acceptors (Lipinski definition) is 6. The quantitative estimate of drug-likeness (QED) is 0.156. The fraction of sp³-hybridized carbons (Fsp3) is 0.333. The second-order valence-electron chi connectivity index (χ2n) is 8.54. The van der Waals surface area contributed by atoms with E-state index in [-0.39, 0.29) is 23.4 Å². The molecule has 0 aliphatic carbocycles. The van der Waals surface area contributed by atoms with Crippen LogP contribution in [0.4, 0.5) is 14.6 Å². The molecular weight excluding hydrogens is 506 g/mol. The minimum atomic E-state index is -0.675. The molecule has 0 spiro atoms. The average molecular weight is 541 g/mol. The summed E-state index contributed by atoms with van der Waals surface area (Å²) >= 11 is 0. The first-order valence-corrected chi connectivity index (χ1v) is 12.6. The van der Waals surface area contributed by atoms with E-state index in [2.05, 4.69) is 37.2 Å². The Morgan fingerprint density at radius 3 is 2.69 bits per heavy atom. The zero-order chi connectivity index (χ0) is 28.4. The lowest BCUT2D eigenvalue weighted by molar-refractivity contribution is -0.118. The molecular formula is C27H34F2N8O2. The number of H-pyrrole nitrogens is 2. The SMILES string of the molecule is C=N/C(=C\C(=N/COc1cc(F)c2[nH]c(C)cc2c1F)N(CC)CCN(C=O)CC)Nc1cc(/C=C/C)[nH]n1. The predicted molar refractivity (Wildman–Crippen MR) is 151 cm³/mol. The lowest BCUT2D eigenvalue weighted by Gasteiger charge is -2.26. The number of fused-ring (bicyclic) bond motifs is 1. The maximum absolute atomic E-state index is 15.0. The lowest BCUT2D eigenvalue weighted by Crippen LogP contribution is -2.38. The molecule has 0 unspecified atom stereocenters. The number of aromatic nitrogens is 3. The molecule has 0 saturated carbocycles. The van der Waals surface area contributed by atoms with Crippen LogP contribution in [0.5, 0.6) is 5.75 Å². The number of nitrogens with zero attached hydrogens (tertiary/aromatic N) is 5. The topological polar surface area (TPSA) is 114 Å². The molecule has 2 heterocycles. The first-order valence-electron chi connectivity index (χ1n) is 12.6. The van der Waals surface area contributed by atoms with Crippen molar-refractivity contribution in [2.24, 2.45) is 9.98 Å². The van der Waals surface area contributed by atoms with E-state index in [1.54, 1.807) is 24.0 Å². The summed E-state index contributed by atoms with van der Waals surface area (Å²) in [5.41, 5.74) is 1.52. The Labute approximate surface area is 226 Å². The summed E-state index contributed by atoms with van der Waals surface area (Å²) in [5.74, 6) is -0.231. The second kappa shape index (κ2) is 13.9. The van der Waals surface area contributed by atoms with Crippen molar-refractivity contribution in [1.82, 2.24) is 25.0 Å². The smallest absolute Gasteiger partial charge is 0.209 e. The maximum Gasteiger partial charge on any atom is 0.209 e. The number of halogens is 2. The van der Waals surface area contributed by atoms with Crippen molar-refractivity contribution in [3.05, 3.63) is 59.2 Å². The minimum absolute atomic E-state index is 0.0843. The number of anilines is 1. The van der Waals surface area contributed by atoms with E-state index in [1.165, 1.54) is 6.07 Å². The van der Waals surface area contributed by atoms with Crippen molar-refractivity contribution in [3.8, 4) is 5.75 Å². The number of carbonyl (C=O) groups is 1. The molecule has 3 aromatic rings. The third kappa shape index (κ3) is 7.53. The molecule has 10 nitrogen and oxygen atoms in total. The summed E-state index contributed by atoms with van der Waals surface area (Å²) in [6, 6.07) is 4.32. The van der Waals surface area contributed by atoms with Gasteiger partial charge >= 0.3 is 0 Å². The van der Waals surface area contributed by atoms with Gasteiger partial charge in [-0.15, -0.1) is 0 Å². The number of amidine groups is 1. The van der Waals surface area contributed by atoms with E-state index in [1.807, 2.05) is 37.8 Å². The molecule has 0 atom stereocenters. The van der Waals surface area contributed by atoms with Gasteiger partial charge in [-0.05, 0) is 46.6 Å². The number of carbonyl (C=O) groups excluding carboxylic acids is 1. The van der Waals surface area contributed by atoms with E-state index in [9.17, 15) is 13.6 Å². The van der Waals surface area contributed by atoms with Crippen molar-refractivity contribution < 1.29 is 18.3 Å². The molecule has 39 heavy (non-hydrogen) atoms. The summed E-state index contributed by atoms with van der Waals surface area (Å²) in [7, 11) is 0. The van der Waals surface area contributed by atoms with Crippen molar-refractivity contribution >= 4 is 41.8 Å². The van der Waals surface area contributed by atoms with Crippen LogP contribution in [0.25, 0.3) is 17.0 Å². The summed E-state index contributed by atoms with van der Waals surface area (Å²) in [6.45, 7) is 12.8. The highest BCUT2D eigenvalue weighted by Gasteiger charge is 2.16. The fourth-order valence-corrected chi connectivity index (χ4v) is 3.85. The first-order chi connectivity index (χ1) is 18.8. The van der Waals surface area contributed by atoms with Gasteiger partial charge in [0.25, 0.3) is 0 Å².